The van der Waals surface area contributed by atoms with Crippen LogP contribution in [0, 0.1) is 11.3 Å². The highest BCUT2D eigenvalue weighted by Crippen LogP contribution is 2.39. The average molecular weight is 351 g/mol. The molecule has 1 saturated carbocycles. The molecule has 2 aliphatic rings. The van der Waals surface area contributed by atoms with E-state index in [-0.39, 0.29) is 23.7 Å². The summed E-state index contributed by atoms with van der Waals surface area (Å²) in [6, 6.07) is 0.383. The standard InChI is InChI=1S/C19H33N3O3/c1-13-9-14-7-5-6-8-15(14)22(13)11-16(24)18(19(2,3)4)21-17(25)10-20-12-23/h12-15,18H,5-11H2,1-4H3,(H,20,23)(H,21,25). The Labute approximate surface area is 151 Å². The monoisotopic (exact) mass is 351 g/mol. The van der Waals surface area contributed by atoms with Crippen LogP contribution in [0.3, 0.4) is 0 Å². The molecule has 0 aromatic heterocycles. The molecule has 6 nitrogen and oxygen atoms in total. The van der Waals surface area contributed by atoms with Gasteiger partial charge in [-0.1, -0.05) is 33.6 Å². The van der Waals surface area contributed by atoms with Crippen LogP contribution < -0.4 is 10.6 Å². The van der Waals surface area contributed by atoms with Crippen molar-refractivity contribution in [2.24, 2.45) is 11.3 Å². The van der Waals surface area contributed by atoms with Crippen molar-refractivity contribution in [2.75, 3.05) is 13.1 Å². The number of Topliss-reactive ketones (excluding diaryl/α,β-unsaturated/α-hetero) is 1. The van der Waals surface area contributed by atoms with Crippen molar-refractivity contribution in [2.45, 2.75) is 77.9 Å². The summed E-state index contributed by atoms with van der Waals surface area (Å²) in [6.07, 6.45) is 6.67. The lowest BCUT2D eigenvalue weighted by molar-refractivity contribution is -0.131. The molecule has 2 amide bonds. The Hall–Kier alpha value is -1.43. The second-order valence-corrected chi connectivity index (χ2v) is 8.70. The number of carbonyl (C=O) groups excluding carboxylic acids is 3. The molecule has 2 fully saturated rings. The first kappa shape index (κ1) is 19.9. The number of fused-ring (bicyclic) bond motifs is 1. The smallest absolute Gasteiger partial charge is 0.239 e. The Morgan fingerprint density at radius 3 is 2.56 bits per heavy atom. The summed E-state index contributed by atoms with van der Waals surface area (Å²) < 4.78 is 0. The molecule has 4 atom stereocenters. The van der Waals surface area contributed by atoms with Crippen LogP contribution in [0.25, 0.3) is 0 Å². The van der Waals surface area contributed by atoms with Gasteiger partial charge in [0.1, 0.15) is 0 Å². The number of hydrogen-bond acceptors (Lipinski definition) is 4. The SMILES string of the molecule is CC1CC2CCCCC2N1CC(=O)C(NC(=O)CNC=O)C(C)(C)C. The van der Waals surface area contributed by atoms with Crippen molar-refractivity contribution in [1.29, 1.82) is 0 Å². The van der Waals surface area contributed by atoms with E-state index >= 15 is 0 Å². The zero-order valence-corrected chi connectivity index (χ0v) is 16.0. The van der Waals surface area contributed by atoms with Gasteiger partial charge >= 0.3 is 0 Å². The van der Waals surface area contributed by atoms with Gasteiger partial charge in [-0.25, -0.2) is 0 Å². The number of amides is 2. The normalized spacial score (nSPS) is 28.1. The maximum atomic E-state index is 13.0. The van der Waals surface area contributed by atoms with Crippen LogP contribution in [0.2, 0.25) is 0 Å². The first-order valence-corrected chi connectivity index (χ1v) is 9.49. The van der Waals surface area contributed by atoms with Crippen molar-refractivity contribution in [3.63, 3.8) is 0 Å². The highest BCUT2D eigenvalue weighted by molar-refractivity contribution is 5.91. The molecule has 0 radical (unpaired) electrons. The fraction of sp³-hybridized carbons (Fsp3) is 0.842. The second-order valence-electron chi connectivity index (χ2n) is 8.70. The van der Waals surface area contributed by atoms with E-state index in [1.165, 1.54) is 32.1 Å². The number of hydrogen-bond donors (Lipinski definition) is 2. The predicted molar refractivity (Wildman–Crippen MR) is 97.0 cm³/mol. The maximum Gasteiger partial charge on any atom is 0.239 e. The molecule has 1 saturated heterocycles. The van der Waals surface area contributed by atoms with E-state index in [0.717, 1.165) is 5.92 Å². The molecule has 0 spiro atoms. The van der Waals surface area contributed by atoms with Gasteiger partial charge in [-0.3, -0.25) is 19.3 Å². The summed E-state index contributed by atoms with van der Waals surface area (Å²) in [7, 11) is 0. The Bertz CT molecular complexity index is 501. The molecule has 4 unspecified atom stereocenters. The number of nitrogens with one attached hydrogen (secondary N) is 2. The zero-order chi connectivity index (χ0) is 18.6. The van der Waals surface area contributed by atoms with Crippen LogP contribution in [0.4, 0.5) is 0 Å². The molecular formula is C19H33N3O3. The lowest BCUT2D eigenvalue weighted by Gasteiger charge is -2.36. The predicted octanol–water partition coefficient (Wildman–Crippen LogP) is 1.49. The maximum absolute atomic E-state index is 13.0. The Morgan fingerprint density at radius 1 is 1.24 bits per heavy atom. The molecule has 2 N–H and O–H groups in total. The average Bonchev–Trinajstić information content (AvgIpc) is 2.85. The topological polar surface area (TPSA) is 78.5 Å². The molecule has 142 valence electrons. The van der Waals surface area contributed by atoms with Crippen LogP contribution in [-0.4, -0.2) is 54.2 Å². The van der Waals surface area contributed by atoms with Crippen molar-refractivity contribution >= 4 is 18.1 Å². The highest BCUT2D eigenvalue weighted by atomic mass is 16.2. The van der Waals surface area contributed by atoms with Gasteiger partial charge in [-0.15, -0.1) is 0 Å². The minimum absolute atomic E-state index is 0.0602. The minimum Gasteiger partial charge on any atom is -0.350 e. The van der Waals surface area contributed by atoms with E-state index in [1.54, 1.807) is 0 Å². The van der Waals surface area contributed by atoms with Crippen LogP contribution in [0.15, 0.2) is 0 Å². The van der Waals surface area contributed by atoms with Crippen molar-refractivity contribution in [1.82, 2.24) is 15.5 Å². The molecule has 1 heterocycles. The van der Waals surface area contributed by atoms with Crippen molar-refractivity contribution in [3.05, 3.63) is 0 Å². The largest absolute Gasteiger partial charge is 0.350 e. The van der Waals surface area contributed by atoms with Gasteiger partial charge in [0.15, 0.2) is 5.78 Å². The van der Waals surface area contributed by atoms with E-state index in [9.17, 15) is 14.4 Å². The Balaban J connectivity index is 2.03. The van der Waals surface area contributed by atoms with Gasteiger partial charge in [0.05, 0.1) is 19.1 Å². The molecule has 1 aliphatic carbocycles. The molecule has 0 bridgehead atoms. The van der Waals surface area contributed by atoms with Gasteiger partial charge in [0.25, 0.3) is 0 Å². The van der Waals surface area contributed by atoms with E-state index in [2.05, 4.69) is 22.5 Å². The van der Waals surface area contributed by atoms with Gasteiger partial charge in [-0.2, -0.15) is 0 Å². The summed E-state index contributed by atoms with van der Waals surface area (Å²) in [5.41, 5.74) is -0.372. The lowest BCUT2D eigenvalue weighted by atomic mass is 9.83. The van der Waals surface area contributed by atoms with Gasteiger partial charge in [-0.05, 0) is 37.5 Å². The summed E-state index contributed by atoms with van der Waals surface area (Å²) in [6.45, 7) is 8.38. The third kappa shape index (κ3) is 5.03. The van der Waals surface area contributed by atoms with Crippen molar-refractivity contribution in [3.8, 4) is 0 Å². The van der Waals surface area contributed by atoms with Crippen LogP contribution in [0.1, 0.15) is 59.8 Å². The van der Waals surface area contributed by atoms with Crippen LogP contribution in [-0.2, 0) is 14.4 Å². The lowest BCUT2D eigenvalue weighted by Crippen LogP contribution is -2.55. The van der Waals surface area contributed by atoms with Crippen molar-refractivity contribution < 1.29 is 14.4 Å². The summed E-state index contributed by atoms with van der Waals surface area (Å²) in [5.74, 6) is 0.450. The molecule has 2 rings (SSSR count). The Morgan fingerprint density at radius 2 is 1.92 bits per heavy atom. The summed E-state index contributed by atoms with van der Waals surface area (Å²) in [4.78, 5) is 37.7. The van der Waals surface area contributed by atoms with E-state index in [4.69, 9.17) is 0 Å². The van der Waals surface area contributed by atoms with Gasteiger partial charge < -0.3 is 10.6 Å². The van der Waals surface area contributed by atoms with E-state index < -0.39 is 6.04 Å². The molecule has 25 heavy (non-hydrogen) atoms. The number of nitrogens with zero attached hydrogens (tertiary/aromatic N) is 1. The number of likely N-dealkylation sites (tertiary alicyclic amines) is 1. The highest BCUT2D eigenvalue weighted by Gasteiger charge is 2.42. The number of rotatable bonds is 7. The third-order valence-electron chi connectivity index (χ3n) is 5.68. The second kappa shape index (κ2) is 8.30. The quantitative estimate of drug-likeness (QED) is 0.681. The Kier molecular flexibility index (Phi) is 6.60. The molecular weight excluding hydrogens is 318 g/mol. The first-order chi connectivity index (χ1) is 11.7. The van der Waals surface area contributed by atoms with Crippen LogP contribution >= 0.6 is 0 Å². The van der Waals surface area contributed by atoms with Gasteiger partial charge in [0.2, 0.25) is 12.3 Å². The fourth-order valence-corrected chi connectivity index (χ4v) is 4.47. The van der Waals surface area contributed by atoms with E-state index in [0.29, 0.717) is 25.0 Å². The van der Waals surface area contributed by atoms with Gasteiger partial charge in [0, 0.05) is 12.1 Å². The fourth-order valence-electron chi connectivity index (χ4n) is 4.47. The number of carbonyl (C=O) groups is 3. The molecule has 0 aromatic carbocycles. The van der Waals surface area contributed by atoms with E-state index in [1.807, 2.05) is 20.8 Å². The molecule has 1 aliphatic heterocycles. The molecule has 6 heteroatoms. The molecule has 0 aromatic rings. The summed E-state index contributed by atoms with van der Waals surface area (Å²) >= 11 is 0. The van der Waals surface area contributed by atoms with Crippen LogP contribution in [0.5, 0.6) is 0 Å². The number of ketones is 1. The zero-order valence-electron chi connectivity index (χ0n) is 16.0. The first-order valence-electron chi connectivity index (χ1n) is 9.49. The third-order valence-corrected chi connectivity index (χ3v) is 5.68. The minimum atomic E-state index is -0.553. The summed E-state index contributed by atoms with van der Waals surface area (Å²) in [5, 5.41) is 5.16.